The highest BCUT2D eigenvalue weighted by atomic mass is 35.5. The van der Waals surface area contributed by atoms with Crippen molar-refractivity contribution in [2.24, 2.45) is 0 Å². The van der Waals surface area contributed by atoms with Gasteiger partial charge < -0.3 is 14.8 Å². The van der Waals surface area contributed by atoms with Gasteiger partial charge in [0, 0.05) is 22.9 Å². The Kier molecular flexibility index (Phi) is 4.49. The first kappa shape index (κ1) is 14.7. The lowest BCUT2D eigenvalue weighted by atomic mass is 9.91. The van der Waals surface area contributed by atoms with Crippen LogP contribution < -0.4 is 10.1 Å². The van der Waals surface area contributed by atoms with Gasteiger partial charge in [-0.3, -0.25) is 4.79 Å². The fourth-order valence-electron chi connectivity index (χ4n) is 2.43. The molecule has 1 amide bonds. The number of benzene rings is 1. The molecule has 1 saturated heterocycles. The van der Waals surface area contributed by atoms with Gasteiger partial charge >= 0.3 is 5.97 Å². The van der Waals surface area contributed by atoms with E-state index in [0.717, 1.165) is 0 Å². The maximum atomic E-state index is 12.0. The number of hydrogen-bond acceptors (Lipinski definition) is 4. The van der Waals surface area contributed by atoms with Crippen LogP contribution in [0.25, 0.3) is 0 Å². The van der Waals surface area contributed by atoms with Crippen molar-refractivity contribution in [3.63, 3.8) is 0 Å². The van der Waals surface area contributed by atoms with Gasteiger partial charge in [-0.05, 0) is 19.1 Å². The van der Waals surface area contributed by atoms with Gasteiger partial charge in [-0.1, -0.05) is 17.7 Å². The van der Waals surface area contributed by atoms with Gasteiger partial charge in [0.15, 0.2) is 0 Å². The standard InChI is InChI=1S/C14H16ClNO4/c1-3-20-14(18)13-8(7-11(17)16-13)12-9(15)5-4-6-10(12)19-2/h4-6,8,13H,3,7H2,1-2H3,(H,16,17). The summed E-state index contributed by atoms with van der Waals surface area (Å²) in [6, 6.07) is 4.50. The van der Waals surface area contributed by atoms with Crippen molar-refractivity contribution in [3.05, 3.63) is 28.8 Å². The zero-order valence-electron chi connectivity index (χ0n) is 11.3. The van der Waals surface area contributed by atoms with E-state index in [4.69, 9.17) is 21.1 Å². The first-order valence-electron chi connectivity index (χ1n) is 6.36. The SMILES string of the molecule is CCOC(=O)C1NC(=O)CC1c1c(Cl)cccc1OC. The predicted octanol–water partition coefficient (Wildman–Crippen LogP) is 1.88. The summed E-state index contributed by atoms with van der Waals surface area (Å²) in [5.41, 5.74) is 0.660. The first-order valence-corrected chi connectivity index (χ1v) is 6.74. The second-order valence-corrected chi connectivity index (χ2v) is 4.87. The van der Waals surface area contributed by atoms with Crippen molar-refractivity contribution in [2.75, 3.05) is 13.7 Å². The second-order valence-electron chi connectivity index (χ2n) is 4.46. The summed E-state index contributed by atoms with van der Waals surface area (Å²) >= 11 is 6.21. The second kappa shape index (κ2) is 6.13. The number of methoxy groups -OCH3 is 1. The number of nitrogens with one attached hydrogen (secondary N) is 1. The Morgan fingerprint density at radius 1 is 1.50 bits per heavy atom. The molecule has 0 spiro atoms. The summed E-state index contributed by atoms with van der Waals surface area (Å²) in [4.78, 5) is 23.6. The van der Waals surface area contributed by atoms with Crippen LogP contribution >= 0.6 is 11.6 Å². The van der Waals surface area contributed by atoms with Crippen LogP contribution in [0, 0.1) is 0 Å². The van der Waals surface area contributed by atoms with Crippen LogP contribution in [-0.2, 0) is 14.3 Å². The number of hydrogen-bond donors (Lipinski definition) is 1. The molecule has 6 heteroatoms. The number of amides is 1. The highest BCUT2D eigenvalue weighted by Gasteiger charge is 2.41. The van der Waals surface area contributed by atoms with E-state index in [1.165, 1.54) is 7.11 Å². The average Bonchev–Trinajstić information content (AvgIpc) is 2.80. The summed E-state index contributed by atoms with van der Waals surface area (Å²) in [5.74, 6) is -0.473. The zero-order valence-corrected chi connectivity index (χ0v) is 12.1. The normalized spacial score (nSPS) is 21.4. The predicted molar refractivity (Wildman–Crippen MR) is 73.9 cm³/mol. The highest BCUT2D eigenvalue weighted by Crippen LogP contribution is 2.39. The average molecular weight is 298 g/mol. The number of rotatable bonds is 4. The van der Waals surface area contributed by atoms with Crippen LogP contribution in [0.4, 0.5) is 0 Å². The molecule has 1 N–H and O–H groups in total. The molecule has 5 nitrogen and oxygen atoms in total. The lowest BCUT2D eigenvalue weighted by molar-refractivity contribution is -0.146. The molecule has 0 saturated carbocycles. The maximum Gasteiger partial charge on any atom is 0.329 e. The van der Waals surface area contributed by atoms with Crippen LogP contribution in [0.5, 0.6) is 5.75 Å². The van der Waals surface area contributed by atoms with E-state index in [2.05, 4.69) is 5.32 Å². The minimum absolute atomic E-state index is 0.184. The molecule has 1 heterocycles. The largest absolute Gasteiger partial charge is 0.496 e. The molecule has 0 aromatic heterocycles. The molecular weight excluding hydrogens is 282 g/mol. The molecule has 2 unspecified atom stereocenters. The molecule has 108 valence electrons. The van der Waals surface area contributed by atoms with Crippen molar-refractivity contribution in [2.45, 2.75) is 25.3 Å². The lowest BCUT2D eigenvalue weighted by Crippen LogP contribution is -2.37. The molecule has 0 radical (unpaired) electrons. The van der Waals surface area contributed by atoms with Crippen molar-refractivity contribution >= 4 is 23.5 Å². The molecule has 20 heavy (non-hydrogen) atoms. The molecule has 1 aromatic rings. The van der Waals surface area contributed by atoms with E-state index in [9.17, 15) is 9.59 Å². The Balaban J connectivity index is 2.39. The quantitative estimate of drug-likeness (QED) is 0.862. The van der Waals surface area contributed by atoms with Gasteiger partial charge in [0.1, 0.15) is 11.8 Å². The van der Waals surface area contributed by atoms with Crippen molar-refractivity contribution in [1.29, 1.82) is 0 Å². The molecule has 1 aliphatic rings. The van der Waals surface area contributed by atoms with Crippen molar-refractivity contribution < 1.29 is 19.1 Å². The van der Waals surface area contributed by atoms with Crippen LogP contribution in [0.1, 0.15) is 24.8 Å². The highest BCUT2D eigenvalue weighted by molar-refractivity contribution is 6.31. The molecule has 1 aliphatic heterocycles. The third kappa shape index (κ3) is 2.72. The van der Waals surface area contributed by atoms with Gasteiger partial charge in [0.05, 0.1) is 13.7 Å². The summed E-state index contributed by atoms with van der Waals surface area (Å²) in [7, 11) is 1.53. The summed E-state index contributed by atoms with van der Waals surface area (Å²) in [5, 5.41) is 3.11. The van der Waals surface area contributed by atoms with Crippen LogP contribution in [0.15, 0.2) is 18.2 Å². The molecular formula is C14H16ClNO4. The number of halogens is 1. The molecule has 1 aromatic carbocycles. The maximum absolute atomic E-state index is 12.0. The summed E-state index contributed by atoms with van der Waals surface area (Å²) < 4.78 is 10.3. The number of carbonyl (C=O) groups is 2. The lowest BCUT2D eigenvalue weighted by Gasteiger charge is -2.20. The van der Waals surface area contributed by atoms with Gasteiger partial charge in [0.25, 0.3) is 0 Å². The minimum Gasteiger partial charge on any atom is -0.496 e. The smallest absolute Gasteiger partial charge is 0.329 e. The fourth-order valence-corrected chi connectivity index (χ4v) is 2.74. The third-order valence-electron chi connectivity index (χ3n) is 3.27. The van der Waals surface area contributed by atoms with E-state index in [1.807, 2.05) is 0 Å². The minimum atomic E-state index is -0.726. The van der Waals surface area contributed by atoms with E-state index in [-0.39, 0.29) is 24.9 Å². The third-order valence-corrected chi connectivity index (χ3v) is 3.60. The Labute approximate surface area is 122 Å². The van der Waals surface area contributed by atoms with Crippen LogP contribution in [0.2, 0.25) is 5.02 Å². The fraction of sp³-hybridized carbons (Fsp3) is 0.429. The zero-order chi connectivity index (χ0) is 14.7. The van der Waals surface area contributed by atoms with Crippen LogP contribution in [0.3, 0.4) is 0 Å². The molecule has 0 aliphatic carbocycles. The van der Waals surface area contributed by atoms with Crippen molar-refractivity contribution in [1.82, 2.24) is 5.32 Å². The van der Waals surface area contributed by atoms with Gasteiger partial charge in [-0.25, -0.2) is 4.79 Å². The molecule has 2 rings (SSSR count). The van der Waals surface area contributed by atoms with Crippen LogP contribution in [-0.4, -0.2) is 31.6 Å². The Morgan fingerprint density at radius 2 is 2.25 bits per heavy atom. The van der Waals surface area contributed by atoms with Crippen molar-refractivity contribution in [3.8, 4) is 5.75 Å². The molecule has 2 atom stereocenters. The van der Waals surface area contributed by atoms with E-state index < -0.39 is 12.0 Å². The first-order chi connectivity index (χ1) is 9.58. The summed E-state index contributed by atoms with van der Waals surface area (Å²) in [6.45, 7) is 1.98. The molecule has 1 fully saturated rings. The van der Waals surface area contributed by atoms with E-state index >= 15 is 0 Å². The Hall–Kier alpha value is -1.75. The number of carbonyl (C=O) groups excluding carboxylic acids is 2. The van der Waals surface area contributed by atoms with Gasteiger partial charge in [0.2, 0.25) is 5.91 Å². The van der Waals surface area contributed by atoms with E-state index in [0.29, 0.717) is 16.3 Å². The number of esters is 1. The molecule has 0 bridgehead atoms. The monoisotopic (exact) mass is 297 g/mol. The topological polar surface area (TPSA) is 64.6 Å². The van der Waals surface area contributed by atoms with Gasteiger partial charge in [-0.2, -0.15) is 0 Å². The Morgan fingerprint density at radius 3 is 2.90 bits per heavy atom. The Bertz CT molecular complexity index is 532. The van der Waals surface area contributed by atoms with Gasteiger partial charge in [-0.15, -0.1) is 0 Å². The summed E-state index contributed by atoms with van der Waals surface area (Å²) in [6.07, 6.45) is 0.184. The van der Waals surface area contributed by atoms with E-state index in [1.54, 1.807) is 25.1 Å². The number of ether oxygens (including phenoxy) is 2.